The van der Waals surface area contributed by atoms with E-state index in [4.69, 9.17) is 4.74 Å². The lowest BCUT2D eigenvalue weighted by atomic mass is 10.1. The van der Waals surface area contributed by atoms with E-state index in [1.54, 1.807) is 18.7 Å². The Morgan fingerprint density at radius 1 is 1.38 bits per heavy atom. The third kappa shape index (κ3) is 3.18. The van der Waals surface area contributed by atoms with Gasteiger partial charge in [0.2, 0.25) is 0 Å². The fourth-order valence-electron chi connectivity index (χ4n) is 3.24. The molecule has 0 aliphatic carbocycles. The van der Waals surface area contributed by atoms with Gasteiger partial charge in [-0.15, -0.1) is 11.8 Å². The highest BCUT2D eigenvalue weighted by atomic mass is 32.2. The Morgan fingerprint density at radius 3 is 2.96 bits per heavy atom. The van der Waals surface area contributed by atoms with Crippen molar-refractivity contribution >= 4 is 33.4 Å². The highest BCUT2D eigenvalue weighted by Gasteiger charge is 2.24. The number of benzene rings is 1. The Morgan fingerprint density at radius 2 is 2.21 bits per heavy atom. The van der Waals surface area contributed by atoms with Crippen LogP contribution in [0.15, 0.2) is 29.3 Å². The van der Waals surface area contributed by atoms with E-state index >= 15 is 0 Å². The maximum Gasteiger partial charge on any atom is 0.115 e. The van der Waals surface area contributed by atoms with E-state index in [-0.39, 0.29) is 6.04 Å². The van der Waals surface area contributed by atoms with Gasteiger partial charge >= 0.3 is 0 Å². The van der Waals surface area contributed by atoms with Gasteiger partial charge in [0.1, 0.15) is 5.04 Å². The first-order chi connectivity index (χ1) is 11.7. The second kappa shape index (κ2) is 6.78. The van der Waals surface area contributed by atoms with Crippen LogP contribution in [0.25, 0.3) is 10.9 Å². The van der Waals surface area contributed by atoms with Crippen LogP contribution in [0.3, 0.4) is 0 Å². The number of para-hydroxylation sites is 1. The number of aliphatic hydroxyl groups excluding tert-OH is 1. The van der Waals surface area contributed by atoms with Crippen molar-refractivity contribution in [1.29, 1.82) is 0 Å². The number of aliphatic imine (C=N–C) groups is 1. The van der Waals surface area contributed by atoms with E-state index in [1.807, 2.05) is 0 Å². The molecule has 0 saturated carbocycles. The molecule has 6 heteroatoms. The molecule has 2 aliphatic rings. The smallest absolute Gasteiger partial charge is 0.115 e. The zero-order valence-corrected chi connectivity index (χ0v) is 14.6. The molecule has 1 fully saturated rings. The number of nitrogens with one attached hydrogen (secondary N) is 2. The Labute approximate surface area is 145 Å². The van der Waals surface area contributed by atoms with Crippen LogP contribution in [0, 0.1) is 0 Å². The summed E-state index contributed by atoms with van der Waals surface area (Å²) in [4.78, 5) is 8.19. The summed E-state index contributed by atoms with van der Waals surface area (Å²) in [6.45, 7) is 3.47. The summed E-state index contributed by atoms with van der Waals surface area (Å²) in [6.07, 6.45) is 1.69. The summed E-state index contributed by atoms with van der Waals surface area (Å²) in [5.41, 5.74) is 3.31. The summed E-state index contributed by atoms with van der Waals surface area (Å²) in [7, 11) is 0. The highest BCUT2D eigenvalue weighted by molar-refractivity contribution is 8.14. The second-order valence-electron chi connectivity index (χ2n) is 6.54. The first-order valence-corrected chi connectivity index (χ1v) is 9.54. The molecule has 3 heterocycles. The fraction of sp³-hybridized carbons (Fsp3) is 0.500. The molecule has 0 bridgehead atoms. The number of aromatic amines is 1. The van der Waals surface area contributed by atoms with Crippen molar-refractivity contribution in [3.05, 3.63) is 30.0 Å². The zero-order chi connectivity index (χ0) is 16.5. The Kier molecular flexibility index (Phi) is 4.52. The number of fused-ring (bicyclic) bond motifs is 1. The molecule has 0 amide bonds. The lowest BCUT2D eigenvalue weighted by Gasteiger charge is -2.24. The van der Waals surface area contributed by atoms with E-state index < -0.39 is 6.10 Å². The van der Waals surface area contributed by atoms with E-state index in [9.17, 15) is 5.11 Å². The molecule has 24 heavy (non-hydrogen) atoms. The number of hydrogen-bond acceptors (Lipinski definition) is 5. The molecule has 2 unspecified atom stereocenters. The summed E-state index contributed by atoms with van der Waals surface area (Å²) in [5.74, 6) is 0.843. The number of H-pyrrole nitrogens is 1. The molecule has 0 radical (unpaired) electrons. The maximum atomic E-state index is 9.73. The molecule has 1 aromatic carbocycles. The van der Waals surface area contributed by atoms with Gasteiger partial charge in [0.25, 0.3) is 0 Å². The third-order valence-electron chi connectivity index (χ3n) is 4.70. The predicted octanol–water partition coefficient (Wildman–Crippen LogP) is 3.00. The van der Waals surface area contributed by atoms with E-state index in [1.165, 1.54) is 5.39 Å². The van der Waals surface area contributed by atoms with Crippen molar-refractivity contribution in [2.75, 3.05) is 24.3 Å². The van der Waals surface area contributed by atoms with Crippen LogP contribution >= 0.6 is 11.8 Å². The topological polar surface area (TPSA) is 69.6 Å². The second-order valence-corrected chi connectivity index (χ2v) is 7.55. The summed E-state index contributed by atoms with van der Waals surface area (Å²) in [6, 6.07) is 8.95. The van der Waals surface area contributed by atoms with Crippen LogP contribution in [-0.4, -0.2) is 52.3 Å². The van der Waals surface area contributed by atoms with Crippen molar-refractivity contribution in [2.45, 2.75) is 38.0 Å². The van der Waals surface area contributed by atoms with Gasteiger partial charge in [-0.3, -0.25) is 4.99 Å². The number of anilines is 1. The minimum atomic E-state index is -0.398. The number of aliphatic hydroxyl groups is 1. The monoisotopic (exact) mass is 345 g/mol. The van der Waals surface area contributed by atoms with E-state index in [0.717, 1.165) is 53.7 Å². The van der Waals surface area contributed by atoms with Gasteiger partial charge in [0.05, 0.1) is 29.0 Å². The molecule has 2 aliphatic heterocycles. The van der Waals surface area contributed by atoms with Crippen molar-refractivity contribution in [3.63, 3.8) is 0 Å². The first-order valence-electron chi connectivity index (χ1n) is 8.56. The SMILES string of the molecule is CC(O)C1CSC(c2cc3cccc(NC4CCOCC4)c3[nH]2)=N1. The van der Waals surface area contributed by atoms with Gasteiger partial charge in [-0.05, 0) is 31.9 Å². The fourth-order valence-corrected chi connectivity index (χ4v) is 4.39. The molecule has 5 nitrogen and oxygen atoms in total. The number of aromatic nitrogens is 1. The standard InChI is InChI=1S/C18H23N3O2S/c1-11(22)16-10-24-18(21-16)15-9-12-3-2-4-14(17(12)20-15)19-13-5-7-23-8-6-13/h2-4,9,11,13,16,19-20,22H,5-8,10H2,1H3. The van der Waals surface area contributed by atoms with Gasteiger partial charge in [-0.1, -0.05) is 12.1 Å². The summed E-state index contributed by atoms with van der Waals surface area (Å²) in [5, 5.41) is 15.6. The summed E-state index contributed by atoms with van der Waals surface area (Å²) < 4.78 is 5.44. The molecule has 0 spiro atoms. The van der Waals surface area contributed by atoms with Gasteiger partial charge in [-0.2, -0.15) is 0 Å². The number of nitrogens with zero attached hydrogens (tertiary/aromatic N) is 1. The van der Waals surface area contributed by atoms with Crippen LogP contribution in [0.1, 0.15) is 25.5 Å². The number of thioether (sulfide) groups is 1. The molecule has 1 aromatic heterocycles. The minimum Gasteiger partial charge on any atom is -0.391 e. The molecular weight excluding hydrogens is 322 g/mol. The molecular formula is C18H23N3O2S. The van der Waals surface area contributed by atoms with Crippen molar-refractivity contribution in [2.24, 2.45) is 4.99 Å². The predicted molar refractivity (Wildman–Crippen MR) is 100 cm³/mol. The quantitative estimate of drug-likeness (QED) is 0.797. The lowest BCUT2D eigenvalue weighted by molar-refractivity contribution is 0.0905. The van der Waals surface area contributed by atoms with Crippen molar-refractivity contribution in [3.8, 4) is 0 Å². The first kappa shape index (κ1) is 16.0. The zero-order valence-electron chi connectivity index (χ0n) is 13.8. The minimum absolute atomic E-state index is 0.00348. The van der Waals surface area contributed by atoms with Crippen molar-refractivity contribution in [1.82, 2.24) is 4.98 Å². The molecule has 2 atom stereocenters. The summed E-state index contributed by atoms with van der Waals surface area (Å²) >= 11 is 1.71. The van der Waals surface area contributed by atoms with Crippen LogP contribution in [-0.2, 0) is 4.74 Å². The average Bonchev–Trinajstić information content (AvgIpc) is 3.23. The molecule has 3 N–H and O–H groups in total. The largest absolute Gasteiger partial charge is 0.391 e. The van der Waals surface area contributed by atoms with Crippen LogP contribution < -0.4 is 5.32 Å². The van der Waals surface area contributed by atoms with Crippen LogP contribution in [0.2, 0.25) is 0 Å². The Bertz CT molecular complexity index is 750. The average molecular weight is 345 g/mol. The van der Waals surface area contributed by atoms with E-state index in [0.29, 0.717) is 6.04 Å². The molecule has 128 valence electrons. The lowest BCUT2D eigenvalue weighted by Crippen LogP contribution is -2.27. The number of ether oxygens (including phenoxy) is 1. The van der Waals surface area contributed by atoms with Gasteiger partial charge in [0, 0.05) is 30.4 Å². The van der Waals surface area contributed by atoms with Gasteiger partial charge < -0.3 is 20.1 Å². The number of hydrogen-bond donors (Lipinski definition) is 3. The van der Waals surface area contributed by atoms with Crippen LogP contribution in [0.5, 0.6) is 0 Å². The Hall–Kier alpha value is -1.50. The maximum absolute atomic E-state index is 9.73. The van der Waals surface area contributed by atoms with Gasteiger partial charge in [0.15, 0.2) is 0 Å². The Balaban J connectivity index is 1.61. The van der Waals surface area contributed by atoms with Crippen LogP contribution in [0.4, 0.5) is 5.69 Å². The number of rotatable bonds is 4. The molecule has 4 rings (SSSR count). The van der Waals surface area contributed by atoms with Crippen molar-refractivity contribution < 1.29 is 9.84 Å². The molecule has 2 aromatic rings. The highest BCUT2D eigenvalue weighted by Crippen LogP contribution is 2.30. The molecule has 1 saturated heterocycles. The van der Waals surface area contributed by atoms with E-state index in [2.05, 4.69) is 39.6 Å². The third-order valence-corrected chi connectivity index (χ3v) is 5.81. The van der Waals surface area contributed by atoms with Gasteiger partial charge in [-0.25, -0.2) is 0 Å². The normalized spacial score (nSPS) is 23.4.